The number of rotatable bonds is 5. The number of esters is 1. The summed E-state index contributed by atoms with van der Waals surface area (Å²) in [4.78, 5) is 31.9. The summed E-state index contributed by atoms with van der Waals surface area (Å²) in [5.41, 5.74) is 0. The van der Waals surface area contributed by atoms with Crippen molar-refractivity contribution in [1.82, 2.24) is 5.32 Å². The first kappa shape index (κ1) is 11.6. The van der Waals surface area contributed by atoms with Gasteiger partial charge in [-0.25, -0.2) is 0 Å². The van der Waals surface area contributed by atoms with E-state index in [1.807, 2.05) is 0 Å². The van der Waals surface area contributed by atoms with Crippen molar-refractivity contribution in [2.45, 2.75) is 25.8 Å². The van der Waals surface area contributed by atoms with Gasteiger partial charge in [0.15, 0.2) is 0 Å². The SMILES string of the molecule is CCC(=O)NC(C=O)CC(=O)OC. The molecular weight excluding hydrogens is 174 g/mol. The summed E-state index contributed by atoms with van der Waals surface area (Å²) < 4.78 is 4.35. The third-order valence-corrected chi connectivity index (χ3v) is 1.45. The van der Waals surface area contributed by atoms with Crippen molar-refractivity contribution in [3.05, 3.63) is 0 Å². The maximum absolute atomic E-state index is 10.8. The van der Waals surface area contributed by atoms with E-state index in [9.17, 15) is 14.4 Å². The van der Waals surface area contributed by atoms with Crippen molar-refractivity contribution in [2.24, 2.45) is 0 Å². The van der Waals surface area contributed by atoms with Crippen LogP contribution in [0.5, 0.6) is 0 Å². The van der Waals surface area contributed by atoms with Crippen molar-refractivity contribution >= 4 is 18.2 Å². The van der Waals surface area contributed by atoms with Crippen LogP contribution in [-0.4, -0.2) is 31.3 Å². The second-order valence-corrected chi connectivity index (χ2v) is 2.44. The van der Waals surface area contributed by atoms with Crippen molar-refractivity contribution in [1.29, 1.82) is 0 Å². The van der Waals surface area contributed by atoms with E-state index < -0.39 is 12.0 Å². The fraction of sp³-hybridized carbons (Fsp3) is 0.625. The van der Waals surface area contributed by atoms with Gasteiger partial charge >= 0.3 is 5.97 Å². The molecule has 0 aliphatic heterocycles. The highest BCUT2D eigenvalue weighted by Gasteiger charge is 2.14. The first-order valence-corrected chi connectivity index (χ1v) is 3.95. The number of carbonyl (C=O) groups is 3. The Balaban J connectivity index is 3.96. The van der Waals surface area contributed by atoms with Crippen LogP contribution in [-0.2, 0) is 19.1 Å². The van der Waals surface area contributed by atoms with Crippen LogP contribution in [0.25, 0.3) is 0 Å². The Kier molecular flexibility index (Phi) is 5.50. The Hall–Kier alpha value is -1.39. The van der Waals surface area contributed by atoms with Gasteiger partial charge in [0, 0.05) is 6.42 Å². The van der Waals surface area contributed by atoms with E-state index in [2.05, 4.69) is 10.1 Å². The van der Waals surface area contributed by atoms with Crippen LogP contribution in [0.1, 0.15) is 19.8 Å². The Morgan fingerprint density at radius 1 is 1.54 bits per heavy atom. The molecule has 0 bridgehead atoms. The molecule has 0 heterocycles. The van der Waals surface area contributed by atoms with E-state index in [1.165, 1.54) is 7.11 Å². The summed E-state index contributed by atoms with van der Waals surface area (Å²) in [6.07, 6.45) is 0.682. The highest BCUT2D eigenvalue weighted by molar-refractivity contribution is 5.82. The number of aldehydes is 1. The molecule has 1 atom stereocenters. The van der Waals surface area contributed by atoms with Gasteiger partial charge in [-0.1, -0.05) is 6.92 Å². The van der Waals surface area contributed by atoms with E-state index in [1.54, 1.807) is 6.92 Å². The normalized spacial score (nSPS) is 11.5. The number of ether oxygens (including phenoxy) is 1. The number of carbonyl (C=O) groups excluding carboxylic acids is 3. The van der Waals surface area contributed by atoms with Crippen LogP contribution in [0.4, 0.5) is 0 Å². The molecule has 13 heavy (non-hydrogen) atoms. The molecule has 5 nitrogen and oxygen atoms in total. The molecule has 1 N–H and O–H groups in total. The summed E-state index contributed by atoms with van der Waals surface area (Å²) in [6, 6.07) is -0.778. The van der Waals surface area contributed by atoms with Crippen LogP contribution in [0, 0.1) is 0 Å². The molecule has 0 spiro atoms. The zero-order valence-corrected chi connectivity index (χ0v) is 7.70. The molecule has 5 heteroatoms. The Morgan fingerprint density at radius 2 is 2.15 bits per heavy atom. The highest BCUT2D eigenvalue weighted by Crippen LogP contribution is 1.92. The Morgan fingerprint density at radius 3 is 2.54 bits per heavy atom. The van der Waals surface area contributed by atoms with Crippen LogP contribution < -0.4 is 5.32 Å². The predicted molar refractivity (Wildman–Crippen MR) is 44.9 cm³/mol. The molecule has 0 radical (unpaired) electrons. The Bertz CT molecular complexity index is 184. The monoisotopic (exact) mass is 187 g/mol. The maximum Gasteiger partial charge on any atom is 0.308 e. The van der Waals surface area contributed by atoms with E-state index in [0.29, 0.717) is 6.29 Å². The fourth-order valence-electron chi connectivity index (χ4n) is 0.705. The van der Waals surface area contributed by atoms with Crippen LogP contribution in [0.3, 0.4) is 0 Å². The first-order valence-electron chi connectivity index (χ1n) is 3.95. The molecule has 0 aliphatic carbocycles. The van der Waals surface area contributed by atoms with Gasteiger partial charge in [0.2, 0.25) is 5.91 Å². The predicted octanol–water partition coefficient (Wildman–Crippen LogP) is -0.357. The maximum atomic E-state index is 10.8. The van der Waals surface area contributed by atoms with Gasteiger partial charge in [0.1, 0.15) is 6.29 Å². The summed E-state index contributed by atoms with van der Waals surface area (Å²) in [5, 5.41) is 2.37. The zero-order chi connectivity index (χ0) is 10.3. The van der Waals surface area contributed by atoms with Gasteiger partial charge in [-0.2, -0.15) is 0 Å². The van der Waals surface area contributed by atoms with Gasteiger partial charge in [-0.3, -0.25) is 9.59 Å². The molecule has 0 saturated carbocycles. The molecule has 1 unspecified atom stereocenters. The van der Waals surface area contributed by atoms with Gasteiger partial charge in [-0.05, 0) is 0 Å². The molecule has 0 aliphatic rings. The third-order valence-electron chi connectivity index (χ3n) is 1.45. The fourth-order valence-corrected chi connectivity index (χ4v) is 0.705. The van der Waals surface area contributed by atoms with E-state index in [-0.39, 0.29) is 18.7 Å². The number of amides is 1. The van der Waals surface area contributed by atoms with Crippen molar-refractivity contribution in [3.63, 3.8) is 0 Å². The minimum atomic E-state index is -0.778. The molecule has 0 rings (SSSR count). The number of hydrogen-bond donors (Lipinski definition) is 1. The van der Waals surface area contributed by atoms with Crippen molar-refractivity contribution < 1.29 is 19.1 Å². The first-order chi connectivity index (χ1) is 6.13. The van der Waals surface area contributed by atoms with Crippen molar-refractivity contribution in [3.8, 4) is 0 Å². The lowest BCUT2D eigenvalue weighted by Crippen LogP contribution is -2.37. The minimum Gasteiger partial charge on any atom is -0.469 e. The average molecular weight is 187 g/mol. The topological polar surface area (TPSA) is 72.5 Å². The lowest BCUT2D eigenvalue weighted by atomic mass is 10.2. The second-order valence-electron chi connectivity index (χ2n) is 2.44. The van der Waals surface area contributed by atoms with E-state index in [4.69, 9.17) is 0 Å². The summed E-state index contributed by atoms with van der Waals surface area (Å²) >= 11 is 0. The van der Waals surface area contributed by atoms with Gasteiger partial charge in [0.25, 0.3) is 0 Å². The van der Waals surface area contributed by atoms with Gasteiger partial charge < -0.3 is 14.8 Å². The number of hydrogen-bond acceptors (Lipinski definition) is 4. The summed E-state index contributed by atoms with van der Waals surface area (Å²) in [6.45, 7) is 1.66. The minimum absolute atomic E-state index is 0.119. The average Bonchev–Trinajstić information content (AvgIpc) is 2.16. The molecule has 0 aromatic carbocycles. The summed E-state index contributed by atoms with van der Waals surface area (Å²) in [7, 11) is 1.23. The highest BCUT2D eigenvalue weighted by atomic mass is 16.5. The number of nitrogens with one attached hydrogen (secondary N) is 1. The Labute approximate surface area is 76.4 Å². The number of methoxy groups -OCH3 is 1. The molecular formula is C8H13NO4. The lowest BCUT2D eigenvalue weighted by molar-refractivity contribution is -0.142. The molecule has 0 fully saturated rings. The quantitative estimate of drug-likeness (QED) is 0.471. The molecule has 0 aromatic rings. The molecule has 0 aromatic heterocycles. The summed E-state index contributed by atoms with van der Waals surface area (Å²) in [5.74, 6) is -0.783. The van der Waals surface area contributed by atoms with Crippen LogP contribution >= 0.6 is 0 Å². The standard InChI is InChI=1S/C8H13NO4/c1-3-7(11)9-6(5-10)4-8(12)13-2/h5-6H,3-4H2,1-2H3,(H,9,11). The van der Waals surface area contributed by atoms with Gasteiger partial charge in [-0.15, -0.1) is 0 Å². The van der Waals surface area contributed by atoms with Crippen LogP contribution in [0.15, 0.2) is 0 Å². The second kappa shape index (κ2) is 6.16. The molecule has 1 amide bonds. The van der Waals surface area contributed by atoms with Crippen molar-refractivity contribution in [2.75, 3.05) is 7.11 Å². The van der Waals surface area contributed by atoms with Crippen LogP contribution in [0.2, 0.25) is 0 Å². The molecule has 74 valence electrons. The third kappa shape index (κ3) is 4.95. The van der Waals surface area contributed by atoms with E-state index in [0.717, 1.165) is 0 Å². The molecule has 0 saturated heterocycles. The van der Waals surface area contributed by atoms with E-state index >= 15 is 0 Å². The largest absolute Gasteiger partial charge is 0.469 e. The lowest BCUT2D eigenvalue weighted by Gasteiger charge is -2.09. The van der Waals surface area contributed by atoms with Gasteiger partial charge in [0.05, 0.1) is 19.6 Å². The zero-order valence-electron chi connectivity index (χ0n) is 7.70. The smallest absolute Gasteiger partial charge is 0.308 e.